The summed E-state index contributed by atoms with van der Waals surface area (Å²) in [4.78, 5) is 16.5. The summed E-state index contributed by atoms with van der Waals surface area (Å²) in [5.74, 6) is 0.859. The van der Waals surface area contributed by atoms with E-state index in [0.29, 0.717) is 30.7 Å². The zero-order chi connectivity index (χ0) is 22.9. The summed E-state index contributed by atoms with van der Waals surface area (Å²) in [6.07, 6.45) is 3.58. The largest absolute Gasteiger partial charge is 0.487 e. The summed E-state index contributed by atoms with van der Waals surface area (Å²) in [5, 5.41) is 0. The van der Waals surface area contributed by atoms with E-state index in [1.165, 1.54) is 0 Å². The Bertz CT molecular complexity index is 796. The Hall–Kier alpha value is -1.51. The number of likely N-dealkylation sites (tertiary alicyclic amines) is 1. The van der Waals surface area contributed by atoms with Crippen LogP contribution in [0.4, 0.5) is 9.18 Å². The molecule has 4 rings (SSSR count). The van der Waals surface area contributed by atoms with E-state index in [4.69, 9.17) is 9.47 Å². The van der Waals surface area contributed by atoms with Gasteiger partial charge in [0.15, 0.2) is 11.6 Å². The number of carbonyl (C=O) groups is 1. The van der Waals surface area contributed by atoms with Crippen molar-refractivity contribution in [2.45, 2.75) is 51.9 Å². The van der Waals surface area contributed by atoms with Crippen LogP contribution in [-0.4, -0.2) is 77.4 Å². The van der Waals surface area contributed by atoms with E-state index in [1.807, 2.05) is 31.7 Å². The van der Waals surface area contributed by atoms with Crippen molar-refractivity contribution in [3.05, 3.63) is 29.6 Å². The van der Waals surface area contributed by atoms with Crippen molar-refractivity contribution in [2.24, 2.45) is 11.8 Å². The number of piperazine rings is 1. The fourth-order valence-corrected chi connectivity index (χ4v) is 5.59. The number of fused-ring (bicyclic) bond motifs is 1. The Morgan fingerprint density at radius 1 is 1.12 bits per heavy atom. The van der Waals surface area contributed by atoms with Crippen molar-refractivity contribution < 1.29 is 18.7 Å². The minimum Gasteiger partial charge on any atom is -0.487 e. The minimum atomic E-state index is -0.479. The standard InChI is InChI=1S/C24H36FN3O3S/c1-24(2,3)31-23(29)27-15-18-12-20(13-19(18)16-27)30-22-6-5-17(11-21(22)25)14-26-7-9-28(32-4)10-8-26/h5-6,11,18-20H,7-10,12-16H2,1-4H3. The number of hydrogen-bond acceptors (Lipinski definition) is 6. The number of rotatable bonds is 5. The maximum Gasteiger partial charge on any atom is 0.410 e. The Morgan fingerprint density at radius 3 is 2.34 bits per heavy atom. The van der Waals surface area contributed by atoms with E-state index in [2.05, 4.69) is 15.5 Å². The van der Waals surface area contributed by atoms with Crippen LogP contribution in [0.25, 0.3) is 0 Å². The maximum atomic E-state index is 14.8. The second-order valence-corrected chi connectivity index (χ2v) is 11.2. The van der Waals surface area contributed by atoms with E-state index < -0.39 is 5.60 Å². The van der Waals surface area contributed by atoms with Crippen molar-refractivity contribution in [3.8, 4) is 5.75 Å². The van der Waals surface area contributed by atoms with Gasteiger partial charge in [0.05, 0.1) is 6.10 Å². The van der Waals surface area contributed by atoms with Crippen LogP contribution in [0.1, 0.15) is 39.2 Å². The molecular weight excluding hydrogens is 429 g/mol. The molecule has 2 aliphatic heterocycles. The van der Waals surface area contributed by atoms with Gasteiger partial charge in [0.25, 0.3) is 0 Å². The molecule has 0 radical (unpaired) electrons. The lowest BCUT2D eigenvalue weighted by molar-refractivity contribution is 0.0272. The number of ether oxygens (including phenoxy) is 2. The van der Waals surface area contributed by atoms with Gasteiger partial charge in [0.1, 0.15) is 5.60 Å². The highest BCUT2D eigenvalue weighted by Gasteiger charge is 2.44. The molecule has 1 saturated carbocycles. The van der Waals surface area contributed by atoms with Gasteiger partial charge in [-0.15, -0.1) is 0 Å². The highest BCUT2D eigenvalue weighted by Crippen LogP contribution is 2.40. The number of halogens is 1. The number of hydrogen-bond donors (Lipinski definition) is 0. The van der Waals surface area contributed by atoms with Crippen LogP contribution in [0.5, 0.6) is 5.75 Å². The first kappa shape index (κ1) is 23.6. The van der Waals surface area contributed by atoms with Crippen LogP contribution >= 0.6 is 11.9 Å². The van der Waals surface area contributed by atoms with Crippen LogP contribution in [0.2, 0.25) is 0 Å². The molecule has 3 fully saturated rings. The third-order valence-electron chi connectivity index (χ3n) is 6.64. The van der Waals surface area contributed by atoms with Gasteiger partial charge < -0.3 is 14.4 Å². The lowest BCUT2D eigenvalue weighted by Gasteiger charge is -2.33. The lowest BCUT2D eigenvalue weighted by Crippen LogP contribution is -2.42. The van der Waals surface area contributed by atoms with Crippen molar-refractivity contribution in [1.29, 1.82) is 0 Å². The smallest absolute Gasteiger partial charge is 0.410 e. The van der Waals surface area contributed by atoms with E-state index in [1.54, 1.807) is 24.1 Å². The number of nitrogens with zero attached hydrogens (tertiary/aromatic N) is 3. The summed E-state index contributed by atoms with van der Waals surface area (Å²) in [6.45, 7) is 11.9. The van der Waals surface area contributed by atoms with Gasteiger partial charge in [-0.05, 0) is 69.4 Å². The monoisotopic (exact) mass is 465 g/mol. The first-order chi connectivity index (χ1) is 15.2. The van der Waals surface area contributed by atoms with E-state index >= 15 is 0 Å². The second kappa shape index (κ2) is 9.77. The minimum absolute atomic E-state index is 0.00533. The zero-order valence-electron chi connectivity index (χ0n) is 19.7. The molecule has 0 N–H and O–H groups in total. The Labute approximate surface area is 195 Å². The predicted molar refractivity (Wildman–Crippen MR) is 125 cm³/mol. The molecule has 0 spiro atoms. The highest BCUT2D eigenvalue weighted by molar-refractivity contribution is 7.96. The third-order valence-corrected chi connectivity index (χ3v) is 7.53. The van der Waals surface area contributed by atoms with Crippen LogP contribution in [0, 0.1) is 17.7 Å². The summed E-state index contributed by atoms with van der Waals surface area (Å²) in [5.41, 5.74) is 0.510. The first-order valence-electron chi connectivity index (χ1n) is 11.6. The summed E-state index contributed by atoms with van der Waals surface area (Å²) in [6, 6.07) is 5.39. The lowest BCUT2D eigenvalue weighted by atomic mass is 10.0. The van der Waals surface area contributed by atoms with Crippen LogP contribution in [0.15, 0.2) is 18.2 Å². The SMILES string of the molecule is CSN1CCN(Cc2ccc(OC3CC4CN(C(=O)OC(C)(C)C)CC4C3)c(F)c2)CC1. The molecule has 3 aliphatic rings. The third kappa shape index (κ3) is 5.88. The molecule has 2 unspecified atom stereocenters. The molecule has 2 heterocycles. The van der Waals surface area contributed by atoms with Crippen molar-refractivity contribution in [1.82, 2.24) is 14.1 Å². The van der Waals surface area contributed by atoms with Gasteiger partial charge in [-0.25, -0.2) is 13.5 Å². The van der Waals surface area contributed by atoms with E-state index in [0.717, 1.165) is 51.1 Å². The Morgan fingerprint density at radius 2 is 1.78 bits per heavy atom. The molecular formula is C24H36FN3O3S. The van der Waals surface area contributed by atoms with Gasteiger partial charge in [0, 0.05) is 45.8 Å². The van der Waals surface area contributed by atoms with E-state index in [9.17, 15) is 9.18 Å². The van der Waals surface area contributed by atoms with Gasteiger partial charge in [-0.3, -0.25) is 4.90 Å². The van der Waals surface area contributed by atoms with Crippen molar-refractivity contribution in [2.75, 3.05) is 45.5 Å². The Kier molecular flexibility index (Phi) is 7.22. The second-order valence-electron chi connectivity index (χ2n) is 10.3. The summed E-state index contributed by atoms with van der Waals surface area (Å²) >= 11 is 1.79. The molecule has 1 aliphatic carbocycles. The van der Waals surface area contributed by atoms with E-state index in [-0.39, 0.29) is 18.0 Å². The van der Waals surface area contributed by atoms with Gasteiger partial charge >= 0.3 is 6.09 Å². The van der Waals surface area contributed by atoms with Crippen molar-refractivity contribution in [3.63, 3.8) is 0 Å². The molecule has 1 amide bonds. The normalized spacial score (nSPS) is 26.9. The van der Waals surface area contributed by atoms with Crippen LogP contribution in [-0.2, 0) is 11.3 Å². The quantitative estimate of drug-likeness (QED) is 0.606. The molecule has 2 saturated heterocycles. The highest BCUT2D eigenvalue weighted by atomic mass is 32.2. The molecule has 32 heavy (non-hydrogen) atoms. The molecule has 0 aromatic heterocycles. The van der Waals surface area contributed by atoms with Crippen molar-refractivity contribution >= 4 is 18.0 Å². The maximum absolute atomic E-state index is 14.8. The summed E-state index contributed by atoms with van der Waals surface area (Å²) < 4.78 is 28.7. The Balaban J connectivity index is 1.26. The number of benzene rings is 1. The fraction of sp³-hybridized carbons (Fsp3) is 0.708. The van der Waals surface area contributed by atoms with Crippen LogP contribution < -0.4 is 4.74 Å². The molecule has 1 aromatic rings. The first-order valence-corrected chi connectivity index (χ1v) is 12.8. The molecule has 6 nitrogen and oxygen atoms in total. The van der Waals surface area contributed by atoms with Gasteiger partial charge in [-0.1, -0.05) is 18.0 Å². The zero-order valence-corrected chi connectivity index (χ0v) is 20.5. The molecule has 178 valence electrons. The molecule has 2 atom stereocenters. The molecule has 8 heteroatoms. The fourth-order valence-electron chi connectivity index (χ4n) is 5.06. The van der Waals surface area contributed by atoms with Gasteiger partial charge in [0.2, 0.25) is 0 Å². The van der Waals surface area contributed by atoms with Gasteiger partial charge in [-0.2, -0.15) is 0 Å². The average Bonchev–Trinajstić information content (AvgIpc) is 3.28. The number of carbonyl (C=O) groups excluding carboxylic acids is 1. The number of amides is 1. The predicted octanol–water partition coefficient (Wildman–Crippen LogP) is 4.25. The summed E-state index contributed by atoms with van der Waals surface area (Å²) in [7, 11) is 0. The molecule has 0 bridgehead atoms. The topological polar surface area (TPSA) is 45.2 Å². The molecule has 1 aromatic carbocycles. The van der Waals surface area contributed by atoms with Crippen LogP contribution in [0.3, 0.4) is 0 Å². The average molecular weight is 466 g/mol.